The molecule has 0 spiro atoms. The molecule has 2 amide bonds. The topological polar surface area (TPSA) is 175 Å². The second kappa shape index (κ2) is 44.6. The molecule has 65 heavy (non-hydrogen) atoms. The number of esters is 4. The number of carbonyl (C=O) groups is 6. The zero-order chi connectivity index (χ0) is 50.9. The number of hydrogen-bond donors (Lipinski definition) is 1. The quantitative estimate of drug-likeness (QED) is 0.0656. The van der Waals surface area contributed by atoms with Crippen LogP contribution in [0, 0.1) is 29.6 Å². The summed E-state index contributed by atoms with van der Waals surface area (Å²) in [6.07, 6.45) is 12.2. The highest BCUT2D eigenvalue weighted by Crippen LogP contribution is 2.15. The monoisotopic (exact) mass is 933 g/mol. The minimum Gasteiger partial charge on any atom is -0.465 e. The van der Waals surface area contributed by atoms with Gasteiger partial charge in [-0.15, -0.1) is 0 Å². The highest BCUT2D eigenvalue weighted by Gasteiger charge is 2.23. The summed E-state index contributed by atoms with van der Waals surface area (Å²) in [6, 6.07) is 0.454. The molecule has 2 fully saturated rings. The summed E-state index contributed by atoms with van der Waals surface area (Å²) in [5, 5.41) is 8.78. The molecule has 2 aliphatic heterocycles. The number of rotatable bonds is 21. The van der Waals surface area contributed by atoms with Crippen molar-refractivity contribution in [3.05, 3.63) is 0 Å². The Morgan fingerprint density at radius 1 is 0.538 bits per heavy atom. The third kappa shape index (κ3) is 37.5. The van der Waals surface area contributed by atoms with Crippen molar-refractivity contribution in [1.82, 2.24) is 9.80 Å². The molecule has 8 unspecified atom stereocenters. The van der Waals surface area contributed by atoms with Gasteiger partial charge in [-0.2, -0.15) is 0 Å². The van der Waals surface area contributed by atoms with Gasteiger partial charge in [-0.3, -0.25) is 28.8 Å². The number of hydrogen-bond acceptors (Lipinski definition) is 12. The molecule has 0 bridgehead atoms. The number of aliphatic hydroxyl groups is 1. The summed E-state index contributed by atoms with van der Waals surface area (Å²) in [5.74, 6) is 0.481. The molecule has 2 saturated heterocycles. The summed E-state index contributed by atoms with van der Waals surface area (Å²) < 4.78 is 24.4. The molecule has 0 aliphatic carbocycles. The average molecular weight is 933 g/mol. The number of methoxy groups -OCH3 is 1. The lowest BCUT2D eigenvalue weighted by atomic mass is 10.0. The fourth-order valence-corrected chi connectivity index (χ4v) is 5.08. The number of nitrogens with zero attached hydrogens (tertiary/aromatic N) is 2. The number of piperidine rings is 1. The second-order valence-corrected chi connectivity index (χ2v) is 17.3. The van der Waals surface area contributed by atoms with Gasteiger partial charge in [0.15, 0.2) is 0 Å². The van der Waals surface area contributed by atoms with Crippen LogP contribution in [0.3, 0.4) is 0 Å². The zero-order valence-corrected chi connectivity index (χ0v) is 44.6. The molecule has 1 N–H and O–H groups in total. The zero-order valence-electron chi connectivity index (χ0n) is 44.6. The lowest BCUT2D eigenvalue weighted by molar-refractivity contribution is -0.153. The maximum Gasteiger partial charge on any atom is 0.308 e. The standard InChI is InChI=1S/C10H19NO.C9H18O2.C8H15NO.2C8H16O3.C8H16O2/c1-3-9(2)10(12)11-7-5-4-6-8-11;1-5-7(3)9(10)11-8(4)6-2;1-3-7(2)9-6-4-5-8(9)10;1-4-7(2)8(9)11-6-5-10-3;1-4-6(2)8(10)11-5-7(3)9;1-4-6-10-8(9)7(3)5-2/h9H,3-8H2,1-2H3;7-8H,5-6H2,1-4H3;7H,3-6H2,1-2H3;7H,4-6H2,1-3H3;6-7,9H,4-5H2,1-3H3;7H,4-6H2,1-3H3. The van der Waals surface area contributed by atoms with E-state index in [1.165, 1.54) is 19.3 Å². The van der Waals surface area contributed by atoms with Crippen molar-refractivity contribution in [2.45, 2.75) is 213 Å². The van der Waals surface area contributed by atoms with E-state index in [-0.39, 0.29) is 66.2 Å². The molecular weight excluding hydrogens is 833 g/mol. The van der Waals surface area contributed by atoms with Crippen molar-refractivity contribution >= 4 is 35.7 Å². The minimum atomic E-state index is -0.567. The summed E-state index contributed by atoms with van der Waals surface area (Å²) in [5.41, 5.74) is 0. The van der Waals surface area contributed by atoms with Gasteiger partial charge in [0, 0.05) is 45.1 Å². The van der Waals surface area contributed by atoms with Crippen molar-refractivity contribution in [3.63, 3.8) is 0 Å². The van der Waals surface area contributed by atoms with Crippen LogP contribution in [0.4, 0.5) is 0 Å². The Hall–Kier alpha value is -3.26. The van der Waals surface area contributed by atoms with Gasteiger partial charge in [-0.1, -0.05) is 90.0 Å². The molecule has 0 saturated carbocycles. The van der Waals surface area contributed by atoms with Crippen molar-refractivity contribution in [2.24, 2.45) is 29.6 Å². The smallest absolute Gasteiger partial charge is 0.308 e. The van der Waals surface area contributed by atoms with Crippen LogP contribution in [0.5, 0.6) is 0 Å². The Balaban J connectivity index is -0.000000344. The van der Waals surface area contributed by atoms with Gasteiger partial charge in [-0.05, 0) is 97.8 Å². The number of amides is 2. The molecule has 2 heterocycles. The van der Waals surface area contributed by atoms with Crippen LogP contribution in [0.15, 0.2) is 0 Å². The Morgan fingerprint density at radius 2 is 0.985 bits per heavy atom. The predicted molar refractivity (Wildman–Crippen MR) is 261 cm³/mol. The summed E-state index contributed by atoms with van der Waals surface area (Å²) in [6.45, 7) is 35.6. The first-order valence-corrected chi connectivity index (χ1v) is 25.1. The van der Waals surface area contributed by atoms with Crippen molar-refractivity contribution in [3.8, 4) is 0 Å². The molecule has 0 aromatic carbocycles. The van der Waals surface area contributed by atoms with Crippen molar-refractivity contribution in [1.29, 1.82) is 0 Å². The largest absolute Gasteiger partial charge is 0.465 e. The molecule has 386 valence electrons. The molecule has 14 heteroatoms. The molecule has 8 atom stereocenters. The molecular formula is C51H100N2O12. The van der Waals surface area contributed by atoms with Crippen molar-refractivity contribution in [2.75, 3.05) is 53.2 Å². The first-order valence-electron chi connectivity index (χ1n) is 25.1. The van der Waals surface area contributed by atoms with E-state index in [0.29, 0.717) is 37.7 Å². The highest BCUT2D eigenvalue weighted by molar-refractivity contribution is 5.79. The van der Waals surface area contributed by atoms with E-state index in [2.05, 4.69) is 20.8 Å². The van der Waals surface area contributed by atoms with Gasteiger partial charge in [0.1, 0.15) is 13.2 Å². The average Bonchev–Trinajstić information content (AvgIpc) is 3.76. The fraction of sp³-hybridized carbons (Fsp3) is 0.882. The Morgan fingerprint density at radius 3 is 1.35 bits per heavy atom. The Bertz CT molecular complexity index is 1210. The minimum absolute atomic E-state index is 0.00635. The van der Waals surface area contributed by atoms with Gasteiger partial charge < -0.3 is 38.6 Å². The summed E-state index contributed by atoms with van der Waals surface area (Å²) >= 11 is 0. The van der Waals surface area contributed by atoms with E-state index < -0.39 is 6.10 Å². The van der Waals surface area contributed by atoms with Crippen LogP contribution in [-0.4, -0.2) is 122 Å². The number of ether oxygens (including phenoxy) is 5. The summed E-state index contributed by atoms with van der Waals surface area (Å²) in [4.78, 5) is 70.7. The Labute approximate surface area is 397 Å². The van der Waals surface area contributed by atoms with E-state index in [9.17, 15) is 28.8 Å². The van der Waals surface area contributed by atoms with E-state index in [4.69, 9.17) is 28.8 Å². The molecule has 0 radical (unpaired) electrons. The van der Waals surface area contributed by atoms with Crippen LogP contribution in [0.1, 0.15) is 194 Å². The third-order valence-electron chi connectivity index (χ3n) is 11.3. The van der Waals surface area contributed by atoms with Gasteiger partial charge in [0.05, 0.1) is 49.1 Å². The van der Waals surface area contributed by atoms with E-state index >= 15 is 0 Å². The SMILES string of the molecule is CCC(C)C(=O)N1CCCCC1.CCC(C)C(=O)OCC(C)O.CCC(C)C(=O)OCCOC.CCC(C)N1CCCC1=O.CCC(C)OC(=O)C(C)CC.CCCOC(=O)C(C)CC. The summed E-state index contributed by atoms with van der Waals surface area (Å²) in [7, 11) is 1.58. The van der Waals surface area contributed by atoms with E-state index in [1.807, 2.05) is 92.9 Å². The number of likely N-dealkylation sites (tertiary alicyclic amines) is 2. The lowest BCUT2D eigenvalue weighted by Gasteiger charge is -2.28. The molecule has 2 aliphatic rings. The van der Waals surface area contributed by atoms with Gasteiger partial charge >= 0.3 is 23.9 Å². The first kappa shape index (κ1) is 68.3. The predicted octanol–water partition coefficient (Wildman–Crippen LogP) is 9.99. The van der Waals surface area contributed by atoms with Crippen LogP contribution >= 0.6 is 0 Å². The first-order chi connectivity index (χ1) is 30.6. The van der Waals surface area contributed by atoms with Crippen LogP contribution in [0.25, 0.3) is 0 Å². The number of carbonyl (C=O) groups excluding carboxylic acids is 6. The van der Waals surface area contributed by atoms with Crippen molar-refractivity contribution < 1.29 is 57.6 Å². The second-order valence-electron chi connectivity index (χ2n) is 17.3. The van der Waals surface area contributed by atoms with Gasteiger partial charge in [-0.25, -0.2) is 0 Å². The lowest BCUT2D eigenvalue weighted by Crippen LogP contribution is -2.38. The van der Waals surface area contributed by atoms with Crippen LogP contribution < -0.4 is 0 Å². The molecule has 2 rings (SSSR count). The highest BCUT2D eigenvalue weighted by atomic mass is 16.6. The molecule has 0 aromatic rings. The van der Waals surface area contributed by atoms with Crippen LogP contribution in [0.2, 0.25) is 0 Å². The Kier molecular flexibility index (Phi) is 46.8. The fourth-order valence-electron chi connectivity index (χ4n) is 5.08. The molecule has 14 nitrogen and oxygen atoms in total. The van der Waals surface area contributed by atoms with Gasteiger partial charge in [0.2, 0.25) is 11.8 Å². The third-order valence-corrected chi connectivity index (χ3v) is 11.3. The van der Waals surface area contributed by atoms with E-state index in [1.54, 1.807) is 14.0 Å². The van der Waals surface area contributed by atoms with Crippen LogP contribution in [-0.2, 0) is 52.5 Å². The van der Waals surface area contributed by atoms with E-state index in [0.717, 1.165) is 83.8 Å². The number of aliphatic hydroxyl groups excluding tert-OH is 1. The maximum atomic E-state index is 11.7. The normalized spacial score (nSPS) is 16.6. The maximum absolute atomic E-state index is 11.7. The van der Waals surface area contributed by atoms with Gasteiger partial charge in [0.25, 0.3) is 0 Å². The molecule has 0 aromatic heterocycles.